The van der Waals surface area contributed by atoms with Crippen LogP contribution in [-0.4, -0.2) is 0 Å². The Kier molecular flexibility index (Phi) is 3.26. The highest BCUT2D eigenvalue weighted by molar-refractivity contribution is 6.31. The third-order valence-electron chi connectivity index (χ3n) is 4.92. The van der Waals surface area contributed by atoms with Crippen LogP contribution in [-0.2, 0) is 0 Å². The molecule has 0 saturated heterocycles. The Morgan fingerprint density at radius 1 is 0.360 bits per heavy atom. The van der Waals surface area contributed by atoms with Gasteiger partial charge >= 0.3 is 0 Å². The molecule has 0 fully saturated rings. The molecule has 118 valence electrons. The molecule has 5 rings (SSSR count). The number of fused-ring (bicyclic) bond motifs is 8. The summed E-state index contributed by atoms with van der Waals surface area (Å²) >= 11 is 6.36. The van der Waals surface area contributed by atoms with Crippen LogP contribution < -0.4 is 0 Å². The Labute approximate surface area is 152 Å². The van der Waals surface area contributed by atoms with Crippen LogP contribution in [0.15, 0.2) is 91.0 Å². The zero-order chi connectivity index (χ0) is 16.8. The van der Waals surface area contributed by atoms with E-state index >= 15 is 0 Å². The molecule has 0 bridgehead atoms. The predicted molar refractivity (Wildman–Crippen MR) is 107 cm³/mol. The number of benzene rings is 4. The van der Waals surface area contributed by atoms with Gasteiger partial charge in [0.15, 0.2) is 0 Å². The van der Waals surface area contributed by atoms with Crippen LogP contribution in [0.2, 0.25) is 5.02 Å². The fourth-order valence-electron chi connectivity index (χ4n) is 3.83. The van der Waals surface area contributed by atoms with Gasteiger partial charge in [-0.25, -0.2) is 0 Å². The van der Waals surface area contributed by atoms with E-state index in [-0.39, 0.29) is 0 Å². The Hall–Kier alpha value is -2.83. The van der Waals surface area contributed by atoms with Crippen molar-refractivity contribution in [2.24, 2.45) is 0 Å². The SMILES string of the molecule is Clc1ccc2c(c1)-c1ccccc1-c1ccccc1-c1ccccc1-2. The molecular formula is C24H15Cl. The second kappa shape index (κ2) is 5.61. The van der Waals surface area contributed by atoms with Gasteiger partial charge < -0.3 is 0 Å². The van der Waals surface area contributed by atoms with E-state index in [4.69, 9.17) is 11.6 Å². The van der Waals surface area contributed by atoms with E-state index in [1.807, 2.05) is 6.07 Å². The molecule has 0 aromatic heterocycles. The van der Waals surface area contributed by atoms with E-state index in [1.165, 1.54) is 44.5 Å². The van der Waals surface area contributed by atoms with Crippen LogP contribution in [0.25, 0.3) is 44.5 Å². The number of halogens is 1. The fraction of sp³-hybridized carbons (Fsp3) is 0. The highest BCUT2D eigenvalue weighted by Gasteiger charge is 2.21. The van der Waals surface area contributed by atoms with Gasteiger partial charge in [-0.3, -0.25) is 0 Å². The van der Waals surface area contributed by atoms with E-state index in [2.05, 4.69) is 84.9 Å². The molecule has 0 heterocycles. The third kappa shape index (κ3) is 2.22. The fourth-order valence-corrected chi connectivity index (χ4v) is 4.00. The van der Waals surface area contributed by atoms with Crippen LogP contribution in [0.3, 0.4) is 0 Å². The van der Waals surface area contributed by atoms with Crippen molar-refractivity contribution in [1.82, 2.24) is 0 Å². The summed E-state index contributed by atoms with van der Waals surface area (Å²) in [5, 5.41) is 0.764. The van der Waals surface area contributed by atoms with Crippen molar-refractivity contribution in [3.63, 3.8) is 0 Å². The summed E-state index contributed by atoms with van der Waals surface area (Å²) in [5.74, 6) is 0. The van der Waals surface area contributed by atoms with Crippen LogP contribution in [0.1, 0.15) is 0 Å². The Bertz CT molecular complexity index is 1100. The molecule has 0 nitrogen and oxygen atoms in total. The maximum Gasteiger partial charge on any atom is 0.0412 e. The van der Waals surface area contributed by atoms with Crippen LogP contribution in [0.5, 0.6) is 0 Å². The second-order valence-electron chi connectivity index (χ2n) is 6.33. The molecule has 1 aliphatic carbocycles. The summed E-state index contributed by atoms with van der Waals surface area (Å²) in [5.41, 5.74) is 9.92. The number of rotatable bonds is 0. The zero-order valence-corrected chi connectivity index (χ0v) is 14.3. The summed E-state index contributed by atoms with van der Waals surface area (Å²) in [6, 6.07) is 32.1. The van der Waals surface area contributed by atoms with Crippen LogP contribution in [0.4, 0.5) is 0 Å². The Morgan fingerprint density at radius 3 is 1.08 bits per heavy atom. The maximum atomic E-state index is 6.36. The maximum absolute atomic E-state index is 6.36. The van der Waals surface area contributed by atoms with E-state index in [0.717, 1.165) is 5.02 Å². The molecule has 0 saturated carbocycles. The molecule has 0 amide bonds. The highest BCUT2D eigenvalue weighted by Crippen LogP contribution is 2.47. The molecule has 4 aromatic rings. The van der Waals surface area contributed by atoms with E-state index < -0.39 is 0 Å². The lowest BCUT2D eigenvalue weighted by Crippen LogP contribution is -1.96. The first-order valence-corrected chi connectivity index (χ1v) is 8.79. The van der Waals surface area contributed by atoms with Gasteiger partial charge in [-0.1, -0.05) is 90.5 Å². The minimum absolute atomic E-state index is 0.764. The van der Waals surface area contributed by atoms with Gasteiger partial charge in [-0.15, -0.1) is 0 Å². The topological polar surface area (TPSA) is 0 Å². The summed E-state index contributed by atoms with van der Waals surface area (Å²) in [6.45, 7) is 0. The van der Waals surface area contributed by atoms with E-state index in [9.17, 15) is 0 Å². The largest absolute Gasteiger partial charge is 0.0843 e. The normalized spacial score (nSPS) is 11.4. The predicted octanol–water partition coefficient (Wildman–Crippen LogP) is 7.32. The van der Waals surface area contributed by atoms with Crippen molar-refractivity contribution in [3.05, 3.63) is 96.0 Å². The molecule has 0 unspecified atom stereocenters. The number of hydrogen-bond acceptors (Lipinski definition) is 0. The molecule has 0 spiro atoms. The van der Waals surface area contributed by atoms with Gasteiger partial charge in [0, 0.05) is 5.02 Å². The van der Waals surface area contributed by atoms with Crippen molar-refractivity contribution < 1.29 is 0 Å². The van der Waals surface area contributed by atoms with Gasteiger partial charge in [0.05, 0.1) is 0 Å². The first-order valence-electron chi connectivity index (χ1n) is 8.41. The third-order valence-corrected chi connectivity index (χ3v) is 5.16. The molecule has 0 atom stereocenters. The molecule has 4 aromatic carbocycles. The average Bonchev–Trinajstić information content (AvgIpc) is 2.67. The molecule has 0 radical (unpaired) electrons. The lowest BCUT2D eigenvalue weighted by Gasteiger charge is -2.23. The van der Waals surface area contributed by atoms with E-state index in [0.29, 0.717) is 0 Å². The van der Waals surface area contributed by atoms with Gasteiger partial charge in [0.2, 0.25) is 0 Å². The minimum atomic E-state index is 0.764. The van der Waals surface area contributed by atoms with Crippen molar-refractivity contribution in [3.8, 4) is 44.5 Å². The van der Waals surface area contributed by atoms with Crippen LogP contribution in [0, 0.1) is 0 Å². The molecule has 1 aliphatic rings. The Morgan fingerprint density at radius 2 is 0.680 bits per heavy atom. The Balaban J connectivity index is 2.01. The summed E-state index contributed by atoms with van der Waals surface area (Å²) in [4.78, 5) is 0. The molecule has 0 aliphatic heterocycles. The number of hydrogen-bond donors (Lipinski definition) is 0. The quantitative estimate of drug-likeness (QED) is 0.277. The standard InChI is InChI=1S/C24H15Cl/c25-16-13-14-23-21-11-4-3-9-19(21)17-7-1-2-8-18(17)20-10-5-6-12-22(20)24(23)15-16/h1-15H. The van der Waals surface area contributed by atoms with Crippen molar-refractivity contribution in [1.29, 1.82) is 0 Å². The van der Waals surface area contributed by atoms with Crippen molar-refractivity contribution in [2.45, 2.75) is 0 Å². The molecule has 1 heteroatoms. The summed E-state index contributed by atoms with van der Waals surface area (Å²) in [6.07, 6.45) is 0. The average molecular weight is 339 g/mol. The second-order valence-corrected chi connectivity index (χ2v) is 6.76. The van der Waals surface area contributed by atoms with Crippen molar-refractivity contribution in [2.75, 3.05) is 0 Å². The molecule has 25 heavy (non-hydrogen) atoms. The summed E-state index contributed by atoms with van der Waals surface area (Å²) in [7, 11) is 0. The van der Waals surface area contributed by atoms with E-state index in [1.54, 1.807) is 0 Å². The van der Waals surface area contributed by atoms with Gasteiger partial charge in [0.1, 0.15) is 0 Å². The van der Waals surface area contributed by atoms with Gasteiger partial charge in [0.25, 0.3) is 0 Å². The van der Waals surface area contributed by atoms with Gasteiger partial charge in [-0.2, -0.15) is 0 Å². The zero-order valence-electron chi connectivity index (χ0n) is 13.5. The molecule has 0 N–H and O–H groups in total. The highest BCUT2D eigenvalue weighted by atomic mass is 35.5. The monoisotopic (exact) mass is 338 g/mol. The molecular weight excluding hydrogens is 324 g/mol. The van der Waals surface area contributed by atoms with Crippen molar-refractivity contribution >= 4 is 11.6 Å². The first-order chi connectivity index (χ1) is 12.3. The first kappa shape index (κ1) is 14.5. The van der Waals surface area contributed by atoms with Crippen LogP contribution >= 0.6 is 11.6 Å². The summed E-state index contributed by atoms with van der Waals surface area (Å²) < 4.78 is 0. The minimum Gasteiger partial charge on any atom is -0.0843 e. The lowest BCUT2D eigenvalue weighted by atomic mass is 9.81. The lowest BCUT2D eigenvalue weighted by molar-refractivity contribution is 1.52. The smallest absolute Gasteiger partial charge is 0.0412 e. The van der Waals surface area contributed by atoms with Gasteiger partial charge in [-0.05, 0) is 56.6 Å².